The van der Waals surface area contributed by atoms with Crippen LogP contribution in [-0.2, 0) is 4.79 Å². The Hall–Kier alpha value is -2.42. The molecular weight excluding hydrogens is 228 g/mol. The van der Waals surface area contributed by atoms with Crippen LogP contribution in [0.5, 0.6) is 5.75 Å². The van der Waals surface area contributed by atoms with Gasteiger partial charge >= 0.3 is 5.97 Å². The van der Waals surface area contributed by atoms with E-state index in [-0.39, 0.29) is 5.78 Å². The summed E-state index contributed by atoms with van der Waals surface area (Å²) in [5, 5.41) is 0. The van der Waals surface area contributed by atoms with Crippen molar-refractivity contribution in [3.05, 3.63) is 65.7 Å². The number of ether oxygens (including phenoxy) is 1. The van der Waals surface area contributed by atoms with Gasteiger partial charge in [0.05, 0.1) is 5.56 Å². The van der Waals surface area contributed by atoms with E-state index in [0.29, 0.717) is 16.9 Å². The zero-order chi connectivity index (χ0) is 13.0. The Kier molecular flexibility index (Phi) is 3.53. The highest BCUT2D eigenvalue weighted by Gasteiger charge is 2.14. The van der Waals surface area contributed by atoms with Crippen LogP contribution in [0.15, 0.2) is 54.6 Å². The highest BCUT2D eigenvalue weighted by molar-refractivity contribution is 6.10. The maximum absolute atomic E-state index is 12.3. The third-order valence-corrected chi connectivity index (χ3v) is 2.42. The molecule has 3 nitrogen and oxygen atoms in total. The van der Waals surface area contributed by atoms with E-state index in [9.17, 15) is 9.59 Å². The fourth-order valence-corrected chi connectivity index (χ4v) is 1.64. The van der Waals surface area contributed by atoms with Crippen molar-refractivity contribution in [2.24, 2.45) is 0 Å². The summed E-state index contributed by atoms with van der Waals surface area (Å²) >= 11 is 0. The van der Waals surface area contributed by atoms with Gasteiger partial charge < -0.3 is 4.74 Å². The summed E-state index contributed by atoms with van der Waals surface area (Å²) in [7, 11) is 0. The minimum absolute atomic E-state index is 0.160. The topological polar surface area (TPSA) is 43.4 Å². The first-order valence-corrected chi connectivity index (χ1v) is 5.55. The van der Waals surface area contributed by atoms with Gasteiger partial charge in [0.25, 0.3) is 0 Å². The van der Waals surface area contributed by atoms with E-state index >= 15 is 0 Å². The quantitative estimate of drug-likeness (QED) is 0.470. The molecule has 2 aromatic carbocycles. The van der Waals surface area contributed by atoms with Gasteiger partial charge in [0.1, 0.15) is 5.75 Å². The highest BCUT2D eigenvalue weighted by atomic mass is 16.5. The fraction of sp³-hybridized carbons (Fsp3) is 0.0667. The largest absolute Gasteiger partial charge is 0.426 e. The lowest BCUT2D eigenvalue weighted by molar-refractivity contribution is -0.131. The zero-order valence-corrected chi connectivity index (χ0v) is 9.92. The van der Waals surface area contributed by atoms with E-state index < -0.39 is 5.97 Å². The average molecular weight is 240 g/mol. The summed E-state index contributed by atoms with van der Waals surface area (Å²) < 4.78 is 5.03. The Morgan fingerprint density at radius 1 is 0.889 bits per heavy atom. The van der Waals surface area contributed by atoms with Gasteiger partial charge in [-0.15, -0.1) is 0 Å². The third-order valence-electron chi connectivity index (χ3n) is 2.42. The van der Waals surface area contributed by atoms with E-state index in [2.05, 4.69) is 0 Å². The number of carbonyl (C=O) groups is 2. The lowest BCUT2D eigenvalue weighted by Crippen LogP contribution is -2.08. The van der Waals surface area contributed by atoms with Crippen molar-refractivity contribution in [2.75, 3.05) is 0 Å². The van der Waals surface area contributed by atoms with Gasteiger partial charge in [-0.05, 0) is 12.1 Å². The predicted molar refractivity (Wildman–Crippen MR) is 67.6 cm³/mol. The van der Waals surface area contributed by atoms with Crippen molar-refractivity contribution in [3.63, 3.8) is 0 Å². The molecule has 0 bridgehead atoms. The smallest absolute Gasteiger partial charge is 0.308 e. The summed E-state index contributed by atoms with van der Waals surface area (Å²) in [4.78, 5) is 23.2. The second-order valence-electron chi connectivity index (χ2n) is 3.78. The van der Waals surface area contributed by atoms with Crippen LogP contribution < -0.4 is 4.74 Å². The molecule has 0 aliphatic rings. The van der Waals surface area contributed by atoms with Crippen LogP contribution in [0.4, 0.5) is 0 Å². The minimum atomic E-state index is -0.441. The van der Waals surface area contributed by atoms with Crippen LogP contribution in [-0.4, -0.2) is 11.8 Å². The molecule has 2 rings (SSSR count). The number of hydrogen-bond acceptors (Lipinski definition) is 3. The standard InChI is InChI=1S/C15H12O3/c1-11(16)18-14-10-6-5-9-13(14)15(17)12-7-3-2-4-8-12/h2-10H,1H3. The van der Waals surface area contributed by atoms with E-state index in [1.807, 2.05) is 6.07 Å². The molecule has 0 atom stereocenters. The van der Waals surface area contributed by atoms with Crippen molar-refractivity contribution in [1.82, 2.24) is 0 Å². The minimum Gasteiger partial charge on any atom is -0.426 e. The molecule has 3 heteroatoms. The van der Waals surface area contributed by atoms with Gasteiger partial charge in [-0.2, -0.15) is 0 Å². The lowest BCUT2D eigenvalue weighted by atomic mass is 10.0. The highest BCUT2D eigenvalue weighted by Crippen LogP contribution is 2.21. The van der Waals surface area contributed by atoms with Crippen LogP contribution in [0.25, 0.3) is 0 Å². The number of rotatable bonds is 3. The SMILES string of the molecule is CC(=O)Oc1ccccc1C(=O)c1ccccc1. The van der Waals surface area contributed by atoms with Crippen molar-refractivity contribution < 1.29 is 14.3 Å². The first kappa shape index (κ1) is 12.0. The zero-order valence-electron chi connectivity index (χ0n) is 9.92. The number of esters is 1. The molecule has 0 aliphatic carbocycles. The van der Waals surface area contributed by atoms with E-state index in [1.165, 1.54) is 6.92 Å². The van der Waals surface area contributed by atoms with Crippen LogP contribution in [0.3, 0.4) is 0 Å². The normalized spacial score (nSPS) is 9.83. The Labute approximate surface area is 105 Å². The molecule has 0 heterocycles. The van der Waals surface area contributed by atoms with Gasteiger partial charge in [0.15, 0.2) is 5.78 Å². The Morgan fingerprint density at radius 3 is 2.17 bits per heavy atom. The summed E-state index contributed by atoms with van der Waals surface area (Å²) in [6.45, 7) is 1.31. The Morgan fingerprint density at radius 2 is 1.50 bits per heavy atom. The average Bonchev–Trinajstić information content (AvgIpc) is 2.39. The number of benzene rings is 2. The summed E-state index contributed by atoms with van der Waals surface area (Å²) in [6, 6.07) is 15.6. The second kappa shape index (κ2) is 5.27. The van der Waals surface area contributed by atoms with Crippen molar-refractivity contribution in [2.45, 2.75) is 6.92 Å². The van der Waals surface area contributed by atoms with Gasteiger partial charge in [0, 0.05) is 12.5 Å². The maximum Gasteiger partial charge on any atom is 0.308 e. The van der Waals surface area contributed by atoms with Crippen LogP contribution in [0.1, 0.15) is 22.8 Å². The van der Waals surface area contributed by atoms with Gasteiger partial charge in [-0.3, -0.25) is 9.59 Å². The Bertz CT molecular complexity index is 573. The molecule has 0 amide bonds. The van der Waals surface area contributed by atoms with Gasteiger partial charge in [-0.1, -0.05) is 42.5 Å². The number of hydrogen-bond donors (Lipinski definition) is 0. The Balaban J connectivity index is 2.39. The van der Waals surface area contributed by atoms with E-state index in [0.717, 1.165) is 0 Å². The molecule has 0 fully saturated rings. The molecule has 0 N–H and O–H groups in total. The summed E-state index contributed by atoms with van der Waals surface area (Å²) in [6.07, 6.45) is 0. The molecule has 0 aromatic heterocycles. The lowest BCUT2D eigenvalue weighted by Gasteiger charge is -2.07. The third kappa shape index (κ3) is 2.63. The van der Waals surface area contributed by atoms with Gasteiger partial charge in [0.2, 0.25) is 0 Å². The maximum atomic E-state index is 12.3. The molecule has 0 aliphatic heterocycles. The molecule has 0 unspecified atom stereocenters. The van der Waals surface area contributed by atoms with Crippen molar-refractivity contribution in [1.29, 1.82) is 0 Å². The van der Waals surface area contributed by atoms with Gasteiger partial charge in [-0.25, -0.2) is 0 Å². The summed E-state index contributed by atoms with van der Waals surface area (Å²) in [5.74, 6) is -0.311. The number of carbonyl (C=O) groups excluding carboxylic acids is 2. The number of para-hydroxylation sites is 1. The van der Waals surface area contributed by atoms with Crippen molar-refractivity contribution >= 4 is 11.8 Å². The summed E-state index contributed by atoms with van der Waals surface area (Å²) in [5.41, 5.74) is 0.955. The molecule has 2 aromatic rings. The number of ketones is 1. The molecular formula is C15H12O3. The fourth-order valence-electron chi connectivity index (χ4n) is 1.64. The van der Waals surface area contributed by atoms with Crippen LogP contribution >= 0.6 is 0 Å². The molecule has 0 spiro atoms. The first-order chi connectivity index (χ1) is 8.68. The van der Waals surface area contributed by atoms with E-state index in [1.54, 1.807) is 48.5 Å². The monoisotopic (exact) mass is 240 g/mol. The van der Waals surface area contributed by atoms with Crippen molar-refractivity contribution in [3.8, 4) is 5.75 Å². The van der Waals surface area contributed by atoms with Crippen LogP contribution in [0, 0.1) is 0 Å². The molecule has 18 heavy (non-hydrogen) atoms. The molecule has 0 saturated carbocycles. The predicted octanol–water partition coefficient (Wildman–Crippen LogP) is 2.84. The second-order valence-corrected chi connectivity index (χ2v) is 3.78. The van der Waals surface area contributed by atoms with Crippen LogP contribution in [0.2, 0.25) is 0 Å². The first-order valence-electron chi connectivity index (χ1n) is 5.55. The molecule has 0 radical (unpaired) electrons. The molecule has 0 saturated heterocycles. The molecule has 90 valence electrons. The van der Waals surface area contributed by atoms with E-state index in [4.69, 9.17) is 4.74 Å².